The third kappa shape index (κ3) is 2.98. The number of amides is 1. The van der Waals surface area contributed by atoms with Gasteiger partial charge in [0.15, 0.2) is 0 Å². The van der Waals surface area contributed by atoms with E-state index in [2.05, 4.69) is 19.1 Å². The van der Waals surface area contributed by atoms with Crippen LogP contribution in [-0.2, 0) is 11.2 Å². The smallest absolute Gasteiger partial charge is 0.227 e. The van der Waals surface area contributed by atoms with Gasteiger partial charge in [0.05, 0.1) is 12.5 Å². The summed E-state index contributed by atoms with van der Waals surface area (Å²) in [6.07, 6.45) is 5.43. The summed E-state index contributed by atoms with van der Waals surface area (Å²) in [4.78, 5) is 14.6. The van der Waals surface area contributed by atoms with E-state index in [0.717, 1.165) is 50.8 Å². The van der Waals surface area contributed by atoms with Gasteiger partial charge in [0.1, 0.15) is 0 Å². The predicted molar refractivity (Wildman–Crippen MR) is 83.0 cm³/mol. The average Bonchev–Trinajstić information content (AvgIpc) is 2.80. The number of hydrogen-bond donors (Lipinski definition) is 1. The van der Waals surface area contributed by atoms with Crippen molar-refractivity contribution in [3.05, 3.63) is 35.4 Å². The quantitative estimate of drug-likeness (QED) is 0.908. The zero-order chi connectivity index (χ0) is 14.9. The third-order valence-electron chi connectivity index (χ3n) is 5.26. The molecule has 0 bridgehead atoms. The maximum atomic E-state index is 12.6. The van der Waals surface area contributed by atoms with Crippen LogP contribution < -0.4 is 0 Å². The molecule has 1 N–H and O–H groups in total. The fraction of sp³-hybridized carbons (Fsp3) is 0.611. The van der Waals surface area contributed by atoms with Gasteiger partial charge in [-0.15, -0.1) is 0 Å². The number of nitrogens with zero attached hydrogens (tertiary/aromatic N) is 1. The molecule has 0 aromatic heterocycles. The molecule has 114 valence electrons. The Kier molecular flexibility index (Phi) is 4.03. The molecule has 0 unspecified atom stereocenters. The molecule has 3 heteroatoms. The molecule has 2 fully saturated rings. The molecule has 0 radical (unpaired) electrons. The van der Waals surface area contributed by atoms with Crippen LogP contribution in [0.4, 0.5) is 0 Å². The van der Waals surface area contributed by atoms with Crippen LogP contribution in [0.2, 0.25) is 0 Å². The number of carbonyl (C=O) groups excluding carboxylic acids is 1. The van der Waals surface area contributed by atoms with Crippen molar-refractivity contribution in [3.8, 4) is 0 Å². The van der Waals surface area contributed by atoms with Gasteiger partial charge in [-0.2, -0.15) is 0 Å². The Balaban J connectivity index is 1.67. The van der Waals surface area contributed by atoms with Crippen LogP contribution in [-0.4, -0.2) is 35.1 Å². The minimum Gasteiger partial charge on any atom is -0.392 e. The van der Waals surface area contributed by atoms with Gasteiger partial charge in [0.25, 0.3) is 0 Å². The summed E-state index contributed by atoms with van der Waals surface area (Å²) in [6.45, 7) is 3.65. The summed E-state index contributed by atoms with van der Waals surface area (Å²) in [7, 11) is 0. The number of hydrogen-bond acceptors (Lipinski definition) is 2. The molecule has 3 rings (SSSR count). The zero-order valence-corrected chi connectivity index (χ0v) is 12.8. The molecule has 2 atom stereocenters. The SMILES string of the molecule is Cc1cccc(CC(=O)N2CCC[C@@]3(CCC[C@H]3O)C2)c1. The molecule has 1 spiro atoms. The number of carbonyl (C=O) groups is 1. The van der Waals surface area contributed by atoms with Gasteiger partial charge in [-0.3, -0.25) is 4.79 Å². The highest BCUT2D eigenvalue weighted by Crippen LogP contribution is 2.45. The molecule has 1 aliphatic heterocycles. The topological polar surface area (TPSA) is 40.5 Å². The number of aliphatic hydroxyl groups is 1. The Bertz CT molecular complexity index is 528. The third-order valence-corrected chi connectivity index (χ3v) is 5.26. The van der Waals surface area contributed by atoms with Gasteiger partial charge in [0.2, 0.25) is 5.91 Å². The second-order valence-corrected chi connectivity index (χ2v) is 6.86. The van der Waals surface area contributed by atoms with Crippen molar-refractivity contribution in [3.63, 3.8) is 0 Å². The largest absolute Gasteiger partial charge is 0.392 e. The van der Waals surface area contributed by atoms with E-state index in [4.69, 9.17) is 0 Å². The van der Waals surface area contributed by atoms with E-state index in [1.54, 1.807) is 0 Å². The van der Waals surface area contributed by atoms with Gasteiger partial charge < -0.3 is 10.0 Å². The maximum Gasteiger partial charge on any atom is 0.227 e. The molecule has 1 aromatic rings. The lowest BCUT2D eigenvalue weighted by Crippen LogP contribution is -2.49. The molecule has 2 aliphatic rings. The first kappa shape index (κ1) is 14.6. The summed E-state index contributed by atoms with van der Waals surface area (Å²) in [5.41, 5.74) is 2.27. The molecule has 21 heavy (non-hydrogen) atoms. The van der Waals surface area contributed by atoms with Crippen LogP contribution in [0.5, 0.6) is 0 Å². The van der Waals surface area contributed by atoms with E-state index >= 15 is 0 Å². The molecule has 1 heterocycles. The molecule has 1 aromatic carbocycles. The van der Waals surface area contributed by atoms with Gasteiger partial charge in [0, 0.05) is 18.5 Å². The fourth-order valence-electron chi connectivity index (χ4n) is 4.08. The van der Waals surface area contributed by atoms with E-state index in [1.807, 2.05) is 17.0 Å². The normalized spacial score (nSPS) is 29.0. The van der Waals surface area contributed by atoms with E-state index < -0.39 is 0 Å². The Morgan fingerprint density at radius 3 is 2.90 bits per heavy atom. The molecular weight excluding hydrogens is 262 g/mol. The molecule has 1 saturated carbocycles. The van der Waals surface area contributed by atoms with Crippen LogP contribution in [0.3, 0.4) is 0 Å². The second kappa shape index (κ2) is 5.80. The Morgan fingerprint density at radius 2 is 2.19 bits per heavy atom. The van der Waals surface area contributed by atoms with Crippen molar-refractivity contribution < 1.29 is 9.90 Å². The van der Waals surface area contributed by atoms with Crippen molar-refractivity contribution >= 4 is 5.91 Å². The first-order valence-corrected chi connectivity index (χ1v) is 8.10. The zero-order valence-electron chi connectivity index (χ0n) is 12.8. The first-order chi connectivity index (χ1) is 10.1. The standard InChI is InChI=1S/C18H25NO2/c1-14-5-2-6-15(11-14)12-17(21)19-10-4-9-18(13-19)8-3-7-16(18)20/h2,5-6,11,16,20H,3-4,7-10,12-13H2,1H3/t16-,18+/m1/s1. The second-order valence-electron chi connectivity index (χ2n) is 6.86. The summed E-state index contributed by atoms with van der Waals surface area (Å²) in [5.74, 6) is 0.207. The van der Waals surface area contributed by atoms with E-state index in [1.165, 1.54) is 5.56 Å². The lowest BCUT2D eigenvalue weighted by atomic mass is 9.76. The summed E-state index contributed by atoms with van der Waals surface area (Å²) < 4.78 is 0. The van der Waals surface area contributed by atoms with E-state index in [-0.39, 0.29) is 17.4 Å². The van der Waals surface area contributed by atoms with Gasteiger partial charge in [-0.1, -0.05) is 36.2 Å². The van der Waals surface area contributed by atoms with Crippen molar-refractivity contribution in [2.24, 2.45) is 5.41 Å². The number of piperidine rings is 1. The van der Waals surface area contributed by atoms with Gasteiger partial charge in [-0.25, -0.2) is 0 Å². The van der Waals surface area contributed by atoms with Crippen molar-refractivity contribution in [1.82, 2.24) is 4.90 Å². The number of aryl methyl sites for hydroxylation is 1. The fourth-order valence-corrected chi connectivity index (χ4v) is 4.08. The molecule has 1 saturated heterocycles. The monoisotopic (exact) mass is 287 g/mol. The van der Waals surface area contributed by atoms with Crippen LogP contribution in [0, 0.1) is 12.3 Å². The average molecular weight is 287 g/mol. The number of aliphatic hydroxyl groups excluding tert-OH is 1. The molecule has 1 amide bonds. The minimum absolute atomic E-state index is 0.0134. The Hall–Kier alpha value is -1.35. The number of likely N-dealkylation sites (tertiary alicyclic amines) is 1. The van der Waals surface area contributed by atoms with Crippen molar-refractivity contribution in [1.29, 1.82) is 0 Å². The highest BCUT2D eigenvalue weighted by Gasteiger charge is 2.45. The number of rotatable bonds is 2. The van der Waals surface area contributed by atoms with E-state index in [9.17, 15) is 9.90 Å². The predicted octanol–water partition coefficient (Wildman–Crippen LogP) is 2.69. The van der Waals surface area contributed by atoms with Gasteiger partial charge in [-0.05, 0) is 38.2 Å². The van der Waals surface area contributed by atoms with E-state index in [0.29, 0.717) is 6.42 Å². The van der Waals surface area contributed by atoms with Crippen LogP contribution in [0.1, 0.15) is 43.2 Å². The maximum absolute atomic E-state index is 12.6. The highest BCUT2D eigenvalue weighted by atomic mass is 16.3. The Morgan fingerprint density at radius 1 is 1.38 bits per heavy atom. The molecule has 3 nitrogen and oxygen atoms in total. The van der Waals surface area contributed by atoms with Gasteiger partial charge >= 0.3 is 0 Å². The first-order valence-electron chi connectivity index (χ1n) is 8.10. The molecule has 1 aliphatic carbocycles. The van der Waals surface area contributed by atoms with Crippen LogP contribution in [0.15, 0.2) is 24.3 Å². The summed E-state index contributed by atoms with van der Waals surface area (Å²) in [6, 6.07) is 8.17. The van der Waals surface area contributed by atoms with Crippen molar-refractivity contribution in [2.45, 2.75) is 51.6 Å². The minimum atomic E-state index is -0.216. The summed E-state index contributed by atoms with van der Waals surface area (Å²) in [5, 5.41) is 10.3. The lowest BCUT2D eigenvalue weighted by molar-refractivity contribution is -0.135. The van der Waals surface area contributed by atoms with Crippen LogP contribution >= 0.6 is 0 Å². The Labute approximate surface area is 127 Å². The number of benzene rings is 1. The van der Waals surface area contributed by atoms with Crippen molar-refractivity contribution in [2.75, 3.05) is 13.1 Å². The summed E-state index contributed by atoms with van der Waals surface area (Å²) >= 11 is 0. The highest BCUT2D eigenvalue weighted by molar-refractivity contribution is 5.79. The molecular formula is C18H25NO2. The van der Waals surface area contributed by atoms with Crippen LogP contribution in [0.25, 0.3) is 0 Å². The lowest BCUT2D eigenvalue weighted by Gasteiger charge is -2.42.